The zero-order valence-electron chi connectivity index (χ0n) is 21.8. The summed E-state index contributed by atoms with van der Waals surface area (Å²) in [6.45, 7) is 1.83. The molecule has 3 heterocycles. The highest BCUT2D eigenvalue weighted by atomic mass is 19.2. The predicted molar refractivity (Wildman–Crippen MR) is 143 cm³/mol. The molecule has 1 spiro atoms. The van der Waals surface area contributed by atoms with Crippen molar-refractivity contribution in [1.82, 2.24) is 14.7 Å². The molecule has 0 aliphatic carbocycles. The average molecular weight is 563 g/mol. The van der Waals surface area contributed by atoms with Crippen molar-refractivity contribution in [2.45, 2.75) is 25.0 Å². The molecule has 6 rings (SSSR count). The quantitative estimate of drug-likeness (QED) is 0.306. The van der Waals surface area contributed by atoms with E-state index in [-0.39, 0.29) is 16.8 Å². The van der Waals surface area contributed by atoms with Crippen molar-refractivity contribution in [2.24, 2.45) is 0 Å². The van der Waals surface area contributed by atoms with E-state index in [2.05, 4.69) is 10.00 Å². The van der Waals surface area contributed by atoms with Gasteiger partial charge in [0.05, 0.1) is 17.8 Å². The molecule has 0 unspecified atom stereocenters. The van der Waals surface area contributed by atoms with Crippen molar-refractivity contribution in [3.05, 3.63) is 102 Å². The third-order valence-electron chi connectivity index (χ3n) is 7.66. The summed E-state index contributed by atoms with van der Waals surface area (Å²) in [5, 5.41) is 13.7. The smallest absolute Gasteiger partial charge is 0.415 e. The van der Waals surface area contributed by atoms with E-state index < -0.39 is 35.1 Å². The highest BCUT2D eigenvalue weighted by Crippen LogP contribution is 2.37. The van der Waals surface area contributed by atoms with Gasteiger partial charge < -0.3 is 9.84 Å². The summed E-state index contributed by atoms with van der Waals surface area (Å²) in [5.41, 5.74) is 1.45. The van der Waals surface area contributed by atoms with Crippen LogP contribution in [0.15, 0.2) is 72.9 Å². The maximum absolute atomic E-state index is 14.8. The first-order valence-electron chi connectivity index (χ1n) is 13.1. The summed E-state index contributed by atoms with van der Waals surface area (Å²) in [6, 6.07) is 17.3. The molecular formula is C30H25F3N4O4. The fraction of sp³-hybridized carbons (Fsp3) is 0.233. The number of hydrogen-bond acceptors (Lipinski definition) is 5. The van der Waals surface area contributed by atoms with Crippen LogP contribution in [0, 0.1) is 17.5 Å². The average Bonchev–Trinajstić information content (AvgIpc) is 3.54. The third-order valence-corrected chi connectivity index (χ3v) is 7.66. The van der Waals surface area contributed by atoms with E-state index >= 15 is 0 Å². The van der Waals surface area contributed by atoms with Crippen molar-refractivity contribution in [3.8, 4) is 16.9 Å². The second-order valence-electron chi connectivity index (χ2n) is 10.3. The van der Waals surface area contributed by atoms with E-state index in [1.165, 1.54) is 23.1 Å². The van der Waals surface area contributed by atoms with Crippen molar-refractivity contribution < 1.29 is 32.6 Å². The molecule has 11 heteroatoms. The van der Waals surface area contributed by atoms with Crippen LogP contribution < -0.4 is 4.90 Å². The number of aromatic carboxylic acids is 1. The van der Waals surface area contributed by atoms with Crippen LogP contribution in [0.5, 0.6) is 0 Å². The fourth-order valence-electron chi connectivity index (χ4n) is 5.40. The Hall–Kier alpha value is -4.64. The number of amides is 1. The molecule has 2 saturated heterocycles. The number of halogens is 3. The highest BCUT2D eigenvalue weighted by molar-refractivity contribution is 5.92. The first-order chi connectivity index (χ1) is 19.7. The molecule has 0 bridgehead atoms. The number of carbonyl (C=O) groups excluding carboxylic acids is 1. The number of carboxylic acid groups (broad SMARTS) is 1. The van der Waals surface area contributed by atoms with Gasteiger partial charge in [0.1, 0.15) is 11.3 Å². The largest absolute Gasteiger partial charge is 0.478 e. The standard InChI is InChI=1S/C30H25F3N4O4/c31-24-11-10-23(25(32)26(24)33)27-20(17-37(34-27)22-4-2-1-3-5-22)16-35-14-12-30(13-15-35)18-36(29(40)41-30)21-8-6-19(7-9-21)28(38)39/h1-11,17H,12-16,18H2,(H,38,39). The van der Waals surface area contributed by atoms with Crippen LogP contribution in [0.4, 0.5) is 23.7 Å². The Bertz CT molecular complexity index is 1620. The van der Waals surface area contributed by atoms with Crippen LogP contribution in [-0.2, 0) is 11.3 Å². The summed E-state index contributed by atoms with van der Waals surface area (Å²) < 4.78 is 50.1. The molecular weight excluding hydrogens is 537 g/mol. The summed E-state index contributed by atoms with van der Waals surface area (Å²) in [4.78, 5) is 27.5. The highest BCUT2D eigenvalue weighted by Gasteiger charge is 2.47. The first kappa shape index (κ1) is 26.6. The number of likely N-dealkylation sites (tertiary alicyclic amines) is 1. The molecule has 1 N–H and O–H groups in total. The van der Waals surface area contributed by atoms with Crippen LogP contribution in [-0.4, -0.2) is 57.1 Å². The van der Waals surface area contributed by atoms with Gasteiger partial charge in [-0.2, -0.15) is 5.10 Å². The second kappa shape index (κ2) is 10.4. The molecule has 2 fully saturated rings. The number of ether oxygens (including phenoxy) is 1. The van der Waals surface area contributed by atoms with Crippen molar-refractivity contribution in [3.63, 3.8) is 0 Å². The molecule has 4 aromatic rings. The van der Waals surface area contributed by atoms with E-state index in [9.17, 15) is 22.8 Å². The lowest BCUT2D eigenvalue weighted by Crippen LogP contribution is -2.46. The van der Waals surface area contributed by atoms with Gasteiger partial charge in [0, 0.05) is 55.5 Å². The van der Waals surface area contributed by atoms with Gasteiger partial charge in [0.25, 0.3) is 0 Å². The minimum atomic E-state index is -1.55. The van der Waals surface area contributed by atoms with Crippen LogP contribution in [0.3, 0.4) is 0 Å². The minimum Gasteiger partial charge on any atom is -0.478 e. The summed E-state index contributed by atoms with van der Waals surface area (Å²) in [6.07, 6.45) is 2.36. The maximum atomic E-state index is 14.8. The summed E-state index contributed by atoms with van der Waals surface area (Å²) in [7, 11) is 0. The van der Waals surface area contributed by atoms with Gasteiger partial charge in [-0.25, -0.2) is 27.4 Å². The first-order valence-corrected chi connectivity index (χ1v) is 13.1. The van der Waals surface area contributed by atoms with Gasteiger partial charge in [-0.15, -0.1) is 0 Å². The molecule has 210 valence electrons. The monoisotopic (exact) mass is 562 g/mol. The van der Waals surface area contributed by atoms with E-state index in [0.29, 0.717) is 50.3 Å². The number of aromatic nitrogens is 2. The van der Waals surface area contributed by atoms with Gasteiger partial charge in [-0.3, -0.25) is 9.80 Å². The van der Waals surface area contributed by atoms with Crippen LogP contribution in [0.2, 0.25) is 0 Å². The van der Waals surface area contributed by atoms with Gasteiger partial charge in [0.15, 0.2) is 17.5 Å². The van der Waals surface area contributed by atoms with Crippen LogP contribution >= 0.6 is 0 Å². The number of carbonyl (C=O) groups is 2. The predicted octanol–water partition coefficient (Wildman–Crippen LogP) is 5.65. The maximum Gasteiger partial charge on any atom is 0.415 e. The molecule has 3 aromatic carbocycles. The molecule has 1 amide bonds. The number of rotatable bonds is 6. The zero-order valence-corrected chi connectivity index (χ0v) is 21.8. The fourth-order valence-corrected chi connectivity index (χ4v) is 5.40. The summed E-state index contributed by atoms with van der Waals surface area (Å²) in [5.74, 6) is -5.16. The molecule has 8 nitrogen and oxygen atoms in total. The van der Waals surface area contributed by atoms with Crippen molar-refractivity contribution in [2.75, 3.05) is 24.5 Å². The van der Waals surface area contributed by atoms with E-state index in [1.54, 1.807) is 23.0 Å². The van der Waals surface area contributed by atoms with Gasteiger partial charge >= 0.3 is 12.1 Å². The molecule has 2 aliphatic heterocycles. The Kier molecular flexibility index (Phi) is 6.74. The van der Waals surface area contributed by atoms with Crippen molar-refractivity contribution >= 4 is 17.7 Å². The number of para-hydroxylation sites is 1. The molecule has 0 radical (unpaired) electrons. The van der Waals surface area contributed by atoms with E-state index in [4.69, 9.17) is 9.84 Å². The zero-order chi connectivity index (χ0) is 28.7. The second-order valence-corrected chi connectivity index (χ2v) is 10.3. The van der Waals surface area contributed by atoms with E-state index in [0.717, 1.165) is 11.8 Å². The Balaban J connectivity index is 1.21. The Labute approximate surface area is 233 Å². The number of carboxylic acids is 1. The minimum absolute atomic E-state index is 0.127. The summed E-state index contributed by atoms with van der Waals surface area (Å²) >= 11 is 0. The van der Waals surface area contributed by atoms with E-state index in [1.807, 2.05) is 30.3 Å². The normalized spacial score (nSPS) is 16.8. The molecule has 0 saturated carbocycles. The number of piperidine rings is 1. The molecule has 1 aromatic heterocycles. The lowest BCUT2D eigenvalue weighted by molar-refractivity contribution is -0.000945. The third kappa shape index (κ3) is 5.04. The Morgan fingerprint density at radius 3 is 2.32 bits per heavy atom. The lowest BCUT2D eigenvalue weighted by atomic mass is 9.91. The molecule has 2 aliphatic rings. The molecule has 0 atom stereocenters. The Morgan fingerprint density at radius 2 is 1.63 bits per heavy atom. The number of hydrogen-bond donors (Lipinski definition) is 1. The topological polar surface area (TPSA) is 87.9 Å². The van der Waals surface area contributed by atoms with Crippen LogP contribution in [0.25, 0.3) is 16.9 Å². The number of benzene rings is 3. The van der Waals surface area contributed by atoms with Gasteiger partial charge in [-0.05, 0) is 48.5 Å². The number of anilines is 1. The molecule has 41 heavy (non-hydrogen) atoms. The van der Waals surface area contributed by atoms with Crippen molar-refractivity contribution in [1.29, 1.82) is 0 Å². The number of nitrogens with zero attached hydrogens (tertiary/aromatic N) is 4. The van der Waals surface area contributed by atoms with Gasteiger partial charge in [-0.1, -0.05) is 18.2 Å². The van der Waals surface area contributed by atoms with Gasteiger partial charge in [0.2, 0.25) is 0 Å². The SMILES string of the molecule is O=C(O)c1ccc(N2CC3(CCN(Cc4cn(-c5ccccc5)nc4-c4ccc(F)c(F)c4F)CC3)OC2=O)cc1. The Morgan fingerprint density at radius 1 is 0.927 bits per heavy atom. The van der Waals surface area contributed by atoms with Crippen LogP contribution in [0.1, 0.15) is 28.8 Å². The lowest BCUT2D eigenvalue weighted by Gasteiger charge is -2.37.